The number of carbonyl (C=O) groups is 1. The molecule has 27 heavy (non-hydrogen) atoms. The van der Waals surface area contributed by atoms with Gasteiger partial charge in [0.2, 0.25) is 0 Å². The van der Waals surface area contributed by atoms with Crippen molar-refractivity contribution in [1.82, 2.24) is 9.78 Å². The second kappa shape index (κ2) is 6.19. The van der Waals surface area contributed by atoms with E-state index in [0.717, 1.165) is 48.9 Å². The maximum Gasteiger partial charge on any atom is 0.257 e. The summed E-state index contributed by atoms with van der Waals surface area (Å²) in [7, 11) is -3.02. The molecule has 1 aliphatic heterocycles. The molecule has 1 atom stereocenters. The lowest BCUT2D eigenvalue weighted by Gasteiger charge is -2.15. The summed E-state index contributed by atoms with van der Waals surface area (Å²) in [6, 6.07) is 7.65. The van der Waals surface area contributed by atoms with Crippen molar-refractivity contribution >= 4 is 21.6 Å². The number of carbonyl (C=O) groups excluding carboxylic acids is 1. The highest BCUT2D eigenvalue weighted by molar-refractivity contribution is 7.91. The summed E-state index contributed by atoms with van der Waals surface area (Å²) >= 11 is 0. The molecule has 2 aromatic rings. The Kier molecular flexibility index (Phi) is 3.89. The molecule has 2 heterocycles. The molecule has 1 N–H and O–H groups in total. The Hall–Kier alpha value is -2.15. The third kappa shape index (κ3) is 3.18. The highest BCUT2D eigenvalue weighted by Gasteiger charge is 2.34. The average molecular weight is 385 g/mol. The predicted molar refractivity (Wildman–Crippen MR) is 103 cm³/mol. The molecule has 1 saturated carbocycles. The van der Waals surface area contributed by atoms with Crippen molar-refractivity contribution in [2.75, 3.05) is 16.8 Å². The highest BCUT2D eigenvalue weighted by atomic mass is 32.2. The second-order valence-corrected chi connectivity index (χ2v) is 10.2. The largest absolute Gasteiger partial charge is 0.307 e. The molecule has 2 fully saturated rings. The van der Waals surface area contributed by atoms with E-state index in [2.05, 4.69) is 16.5 Å². The fourth-order valence-corrected chi connectivity index (χ4v) is 6.04. The molecule has 6 nitrogen and oxygen atoms in total. The number of aryl methyl sites for hydroxylation is 1. The minimum absolute atomic E-state index is 0.0996. The Balaban J connectivity index is 1.46. The van der Waals surface area contributed by atoms with E-state index in [1.807, 2.05) is 18.2 Å². The van der Waals surface area contributed by atoms with Gasteiger partial charge in [-0.1, -0.05) is 12.1 Å². The summed E-state index contributed by atoms with van der Waals surface area (Å²) in [4.78, 5) is 13.0. The quantitative estimate of drug-likeness (QED) is 0.877. The molecular formula is C20H23N3O3S. The highest BCUT2D eigenvalue weighted by Crippen LogP contribution is 2.41. The fraction of sp³-hybridized carbons (Fsp3) is 0.500. The van der Waals surface area contributed by atoms with Gasteiger partial charge in [0.25, 0.3) is 5.91 Å². The standard InChI is InChI=1S/C20H23N3O3S/c24-20(17-6-2-4-13-3-1-5-16(13)17)21-19-11-18(14-7-8-14)22-23(19)15-9-10-27(25,26)12-15/h2,4,6,11,14-15H,1,3,5,7-10,12H2,(H,21,24). The van der Waals surface area contributed by atoms with Crippen LogP contribution in [0.3, 0.4) is 0 Å². The van der Waals surface area contributed by atoms with Crippen molar-refractivity contribution < 1.29 is 13.2 Å². The van der Waals surface area contributed by atoms with Crippen molar-refractivity contribution in [3.05, 3.63) is 46.6 Å². The lowest BCUT2D eigenvalue weighted by molar-refractivity contribution is 0.102. The van der Waals surface area contributed by atoms with Gasteiger partial charge in [-0.15, -0.1) is 0 Å². The molecule has 0 radical (unpaired) electrons. The first-order chi connectivity index (χ1) is 13.0. The molecule has 5 rings (SSSR count). The van der Waals surface area contributed by atoms with Crippen LogP contribution < -0.4 is 5.32 Å². The Morgan fingerprint density at radius 2 is 2.04 bits per heavy atom. The molecule has 1 aromatic carbocycles. The van der Waals surface area contributed by atoms with E-state index in [0.29, 0.717) is 18.2 Å². The number of amides is 1. The molecule has 3 aliphatic rings. The van der Waals surface area contributed by atoms with Gasteiger partial charge >= 0.3 is 0 Å². The Morgan fingerprint density at radius 3 is 2.78 bits per heavy atom. The van der Waals surface area contributed by atoms with Gasteiger partial charge in [0.1, 0.15) is 5.82 Å². The van der Waals surface area contributed by atoms with Gasteiger partial charge in [-0.3, -0.25) is 4.79 Å². The third-order valence-electron chi connectivity index (χ3n) is 5.94. The molecule has 142 valence electrons. The number of rotatable bonds is 4. The van der Waals surface area contributed by atoms with Gasteiger partial charge in [0.05, 0.1) is 23.2 Å². The zero-order valence-corrected chi connectivity index (χ0v) is 16.0. The summed E-state index contributed by atoms with van der Waals surface area (Å²) in [5, 5.41) is 7.71. The predicted octanol–water partition coefficient (Wildman–Crippen LogP) is 2.86. The zero-order chi connectivity index (χ0) is 18.6. The van der Waals surface area contributed by atoms with E-state index in [9.17, 15) is 13.2 Å². The van der Waals surface area contributed by atoms with Crippen LogP contribution in [0.5, 0.6) is 0 Å². The summed E-state index contributed by atoms with van der Waals surface area (Å²) in [5.41, 5.74) is 4.10. The van der Waals surface area contributed by atoms with E-state index in [4.69, 9.17) is 0 Å². The number of fused-ring (bicyclic) bond motifs is 1. The van der Waals surface area contributed by atoms with Crippen molar-refractivity contribution in [2.45, 2.75) is 50.5 Å². The van der Waals surface area contributed by atoms with Crippen molar-refractivity contribution in [1.29, 1.82) is 0 Å². The van der Waals surface area contributed by atoms with E-state index >= 15 is 0 Å². The topological polar surface area (TPSA) is 81.1 Å². The van der Waals surface area contributed by atoms with Gasteiger partial charge in [0.15, 0.2) is 9.84 Å². The Morgan fingerprint density at radius 1 is 1.19 bits per heavy atom. The monoisotopic (exact) mass is 385 g/mol. The summed E-state index contributed by atoms with van der Waals surface area (Å²) in [6.45, 7) is 0. The van der Waals surface area contributed by atoms with Crippen LogP contribution in [0, 0.1) is 0 Å². The molecular weight excluding hydrogens is 362 g/mol. The lowest BCUT2D eigenvalue weighted by atomic mass is 10.0. The molecule has 1 amide bonds. The van der Waals surface area contributed by atoms with Crippen LogP contribution in [-0.2, 0) is 22.7 Å². The van der Waals surface area contributed by atoms with Gasteiger partial charge in [-0.05, 0) is 55.7 Å². The second-order valence-electron chi connectivity index (χ2n) is 7.98. The number of sulfone groups is 1. The van der Waals surface area contributed by atoms with E-state index in [1.54, 1.807) is 4.68 Å². The van der Waals surface area contributed by atoms with E-state index < -0.39 is 9.84 Å². The van der Waals surface area contributed by atoms with Crippen LogP contribution in [-0.4, -0.2) is 35.6 Å². The molecule has 1 aromatic heterocycles. The van der Waals surface area contributed by atoms with E-state index in [-0.39, 0.29) is 23.5 Å². The number of nitrogens with zero attached hydrogens (tertiary/aromatic N) is 2. The number of anilines is 1. The molecule has 1 unspecified atom stereocenters. The van der Waals surface area contributed by atoms with Gasteiger partial charge in [0, 0.05) is 17.5 Å². The van der Waals surface area contributed by atoms with Gasteiger partial charge < -0.3 is 5.32 Å². The maximum atomic E-state index is 13.0. The maximum absolute atomic E-state index is 13.0. The number of nitrogens with one attached hydrogen (secondary N) is 1. The van der Waals surface area contributed by atoms with Crippen molar-refractivity contribution in [3.8, 4) is 0 Å². The van der Waals surface area contributed by atoms with Crippen molar-refractivity contribution in [2.24, 2.45) is 0 Å². The van der Waals surface area contributed by atoms with Gasteiger partial charge in [-0.25, -0.2) is 13.1 Å². The van der Waals surface area contributed by atoms with Crippen LogP contribution in [0.2, 0.25) is 0 Å². The summed E-state index contributed by atoms with van der Waals surface area (Å²) in [5.74, 6) is 1.23. The minimum atomic E-state index is -3.02. The Bertz CT molecular complexity index is 1020. The number of benzene rings is 1. The number of hydrogen-bond acceptors (Lipinski definition) is 4. The number of hydrogen-bond donors (Lipinski definition) is 1. The fourth-order valence-electron chi connectivity index (χ4n) is 4.35. The lowest BCUT2D eigenvalue weighted by Crippen LogP contribution is -2.20. The first-order valence-corrected chi connectivity index (χ1v) is 11.5. The van der Waals surface area contributed by atoms with Gasteiger partial charge in [-0.2, -0.15) is 5.10 Å². The van der Waals surface area contributed by atoms with Crippen molar-refractivity contribution in [3.63, 3.8) is 0 Å². The SMILES string of the molecule is O=C(Nc1cc(C2CC2)nn1C1CCS(=O)(=O)C1)c1cccc2c1CCC2. The first-order valence-electron chi connectivity index (χ1n) is 9.72. The molecule has 2 aliphatic carbocycles. The van der Waals surface area contributed by atoms with Crippen LogP contribution in [0.25, 0.3) is 0 Å². The molecule has 1 saturated heterocycles. The summed E-state index contributed by atoms with van der Waals surface area (Å²) < 4.78 is 25.6. The average Bonchev–Trinajstić information content (AvgIpc) is 3.06. The zero-order valence-electron chi connectivity index (χ0n) is 15.1. The third-order valence-corrected chi connectivity index (χ3v) is 7.69. The Labute approximate surface area is 158 Å². The molecule has 0 spiro atoms. The van der Waals surface area contributed by atoms with Crippen LogP contribution in [0.1, 0.15) is 64.8 Å². The van der Waals surface area contributed by atoms with Crippen LogP contribution in [0.15, 0.2) is 24.3 Å². The summed E-state index contributed by atoms with van der Waals surface area (Å²) in [6.07, 6.45) is 5.83. The first kappa shape index (κ1) is 17.0. The number of aromatic nitrogens is 2. The van der Waals surface area contributed by atoms with E-state index in [1.165, 1.54) is 5.56 Å². The minimum Gasteiger partial charge on any atom is -0.307 e. The molecule has 0 bridgehead atoms. The van der Waals surface area contributed by atoms with Crippen LogP contribution in [0.4, 0.5) is 5.82 Å². The van der Waals surface area contributed by atoms with Crippen LogP contribution >= 0.6 is 0 Å². The normalized spacial score (nSPS) is 23.3. The molecule has 7 heteroatoms. The smallest absolute Gasteiger partial charge is 0.257 e.